The highest BCUT2D eigenvalue weighted by Crippen LogP contribution is 2.14. The van der Waals surface area contributed by atoms with E-state index in [2.05, 4.69) is 0 Å². The predicted octanol–water partition coefficient (Wildman–Crippen LogP) is 1.20. The monoisotopic (exact) mass is 318 g/mol. The summed E-state index contributed by atoms with van der Waals surface area (Å²) in [7, 11) is 0. The van der Waals surface area contributed by atoms with Crippen LogP contribution in [0.15, 0.2) is 30.3 Å². The molecule has 2 N–H and O–H groups in total. The zero-order valence-electron chi connectivity index (χ0n) is 13.4. The van der Waals surface area contributed by atoms with Crippen LogP contribution in [0.25, 0.3) is 6.08 Å². The van der Waals surface area contributed by atoms with Gasteiger partial charge in [0.15, 0.2) is 6.61 Å². The lowest BCUT2D eigenvalue weighted by atomic mass is 10.2. The van der Waals surface area contributed by atoms with Crippen molar-refractivity contribution in [3.63, 3.8) is 0 Å². The minimum absolute atomic E-state index is 0.0268. The van der Waals surface area contributed by atoms with E-state index in [1.165, 1.54) is 0 Å². The van der Waals surface area contributed by atoms with Gasteiger partial charge >= 0.3 is 0 Å². The van der Waals surface area contributed by atoms with Crippen LogP contribution in [0.5, 0.6) is 5.75 Å². The van der Waals surface area contributed by atoms with Gasteiger partial charge in [0.25, 0.3) is 5.91 Å². The normalized spacial score (nSPS) is 21.4. The van der Waals surface area contributed by atoms with Crippen LogP contribution in [-0.4, -0.2) is 48.6 Å². The van der Waals surface area contributed by atoms with Crippen molar-refractivity contribution < 1.29 is 19.1 Å². The molecule has 124 valence electrons. The summed E-state index contributed by atoms with van der Waals surface area (Å²) in [6, 6.07) is 7.08. The van der Waals surface area contributed by atoms with Gasteiger partial charge in [-0.3, -0.25) is 9.59 Å². The molecule has 1 fully saturated rings. The molecular weight excluding hydrogens is 296 g/mol. The van der Waals surface area contributed by atoms with Crippen LogP contribution < -0.4 is 10.5 Å². The molecule has 1 aromatic rings. The number of benzene rings is 1. The lowest BCUT2D eigenvalue weighted by Gasteiger charge is -2.34. The van der Waals surface area contributed by atoms with Crippen molar-refractivity contribution in [1.82, 2.24) is 4.90 Å². The lowest BCUT2D eigenvalue weighted by Crippen LogP contribution is -2.47. The summed E-state index contributed by atoms with van der Waals surface area (Å²) in [6.07, 6.45) is 3.42. The van der Waals surface area contributed by atoms with Gasteiger partial charge in [-0.2, -0.15) is 0 Å². The van der Waals surface area contributed by atoms with Gasteiger partial charge in [0.05, 0.1) is 12.2 Å². The van der Waals surface area contributed by atoms with Gasteiger partial charge in [-0.25, -0.2) is 0 Å². The van der Waals surface area contributed by atoms with E-state index in [1.54, 1.807) is 29.2 Å². The minimum Gasteiger partial charge on any atom is -0.484 e. The van der Waals surface area contributed by atoms with Gasteiger partial charge < -0.3 is 20.1 Å². The van der Waals surface area contributed by atoms with Crippen molar-refractivity contribution in [2.45, 2.75) is 26.1 Å². The first kappa shape index (κ1) is 17.0. The summed E-state index contributed by atoms with van der Waals surface area (Å²) < 4.78 is 10.8. The fraction of sp³-hybridized carbons (Fsp3) is 0.412. The fourth-order valence-electron chi connectivity index (χ4n) is 2.46. The maximum Gasteiger partial charge on any atom is 0.255 e. The average Bonchev–Trinajstić information content (AvgIpc) is 2.50. The summed E-state index contributed by atoms with van der Waals surface area (Å²) in [6.45, 7) is 4.98. The van der Waals surface area contributed by atoms with Crippen molar-refractivity contribution in [3.05, 3.63) is 35.9 Å². The van der Waals surface area contributed by atoms with Gasteiger partial charge in [-0.05, 0) is 37.6 Å². The first-order valence-electron chi connectivity index (χ1n) is 7.57. The molecule has 1 aromatic carbocycles. The Morgan fingerprint density at radius 1 is 1.26 bits per heavy atom. The Morgan fingerprint density at radius 2 is 1.87 bits per heavy atom. The summed E-state index contributed by atoms with van der Waals surface area (Å²) in [5.41, 5.74) is 5.89. The summed E-state index contributed by atoms with van der Waals surface area (Å²) >= 11 is 0. The largest absolute Gasteiger partial charge is 0.484 e. The van der Waals surface area contributed by atoms with Gasteiger partial charge in [0.2, 0.25) is 5.91 Å². The molecule has 2 unspecified atom stereocenters. The third kappa shape index (κ3) is 5.41. The maximum atomic E-state index is 12.2. The molecule has 2 amide bonds. The standard InChI is InChI=1S/C17H22N2O4/c1-12-9-19(10-13(2)23-12)17(21)8-5-14-3-6-15(7-4-14)22-11-16(18)20/h3-8,12-13H,9-11H2,1-2H3,(H2,18,20)/b8-5+. The molecule has 0 spiro atoms. The number of primary amides is 1. The van der Waals surface area contributed by atoms with Crippen LogP contribution in [0.2, 0.25) is 0 Å². The molecule has 0 aliphatic carbocycles. The number of carbonyl (C=O) groups is 2. The molecule has 1 saturated heterocycles. The molecule has 23 heavy (non-hydrogen) atoms. The highest BCUT2D eigenvalue weighted by Gasteiger charge is 2.24. The summed E-state index contributed by atoms with van der Waals surface area (Å²) in [5, 5.41) is 0. The maximum absolute atomic E-state index is 12.2. The number of morpholine rings is 1. The van der Waals surface area contributed by atoms with Crippen molar-refractivity contribution in [1.29, 1.82) is 0 Å². The number of nitrogens with zero attached hydrogens (tertiary/aromatic N) is 1. The Morgan fingerprint density at radius 3 is 2.43 bits per heavy atom. The predicted molar refractivity (Wildman–Crippen MR) is 86.8 cm³/mol. The third-order valence-corrected chi connectivity index (χ3v) is 3.41. The Kier molecular flexibility index (Phi) is 5.76. The van der Waals surface area contributed by atoms with Crippen LogP contribution in [0, 0.1) is 0 Å². The highest BCUT2D eigenvalue weighted by atomic mass is 16.5. The molecule has 2 atom stereocenters. The Balaban J connectivity index is 1.91. The second-order valence-electron chi connectivity index (χ2n) is 5.66. The number of nitrogens with two attached hydrogens (primary N) is 1. The molecule has 0 bridgehead atoms. The van der Waals surface area contributed by atoms with E-state index in [9.17, 15) is 9.59 Å². The van der Waals surface area contributed by atoms with Gasteiger partial charge in [-0.15, -0.1) is 0 Å². The Labute approximate surface area is 135 Å². The zero-order valence-corrected chi connectivity index (χ0v) is 13.4. The zero-order chi connectivity index (χ0) is 16.8. The average molecular weight is 318 g/mol. The number of carbonyl (C=O) groups excluding carboxylic acids is 2. The quantitative estimate of drug-likeness (QED) is 0.827. The van der Waals surface area contributed by atoms with Gasteiger partial charge in [-0.1, -0.05) is 12.1 Å². The van der Waals surface area contributed by atoms with Crippen molar-refractivity contribution in [3.8, 4) is 5.75 Å². The summed E-state index contributed by atoms with van der Waals surface area (Å²) in [5.74, 6) is 0.0118. The Hall–Kier alpha value is -2.34. The molecule has 6 heteroatoms. The minimum atomic E-state index is -0.520. The van der Waals surface area contributed by atoms with Gasteiger partial charge in [0.1, 0.15) is 5.75 Å². The van der Waals surface area contributed by atoms with Crippen molar-refractivity contribution >= 4 is 17.9 Å². The first-order chi connectivity index (χ1) is 10.9. The molecule has 2 rings (SSSR count). The van der Waals surface area contributed by atoms with E-state index in [4.69, 9.17) is 15.2 Å². The Bertz CT molecular complexity index is 573. The number of rotatable bonds is 5. The third-order valence-electron chi connectivity index (χ3n) is 3.41. The highest BCUT2D eigenvalue weighted by molar-refractivity contribution is 5.91. The SMILES string of the molecule is CC1CN(C(=O)/C=C/c2ccc(OCC(N)=O)cc2)CC(C)O1. The van der Waals surface area contributed by atoms with E-state index in [1.807, 2.05) is 26.0 Å². The van der Waals surface area contributed by atoms with E-state index in [0.717, 1.165) is 5.56 Å². The summed E-state index contributed by atoms with van der Waals surface area (Å²) in [4.78, 5) is 24.7. The van der Waals surface area contributed by atoms with Crippen LogP contribution in [0.4, 0.5) is 0 Å². The molecule has 6 nitrogen and oxygen atoms in total. The molecular formula is C17H22N2O4. The smallest absolute Gasteiger partial charge is 0.255 e. The molecule has 0 aromatic heterocycles. The van der Waals surface area contributed by atoms with E-state index < -0.39 is 5.91 Å². The van der Waals surface area contributed by atoms with Crippen molar-refractivity contribution in [2.75, 3.05) is 19.7 Å². The number of hydrogen-bond donors (Lipinski definition) is 1. The van der Waals surface area contributed by atoms with E-state index in [-0.39, 0.29) is 24.7 Å². The molecule has 1 heterocycles. The molecule has 1 aliphatic heterocycles. The molecule has 0 saturated carbocycles. The topological polar surface area (TPSA) is 81.9 Å². The second kappa shape index (κ2) is 7.78. The van der Waals surface area contributed by atoms with Crippen LogP contribution in [0.1, 0.15) is 19.4 Å². The number of hydrogen-bond acceptors (Lipinski definition) is 4. The van der Waals surface area contributed by atoms with E-state index >= 15 is 0 Å². The van der Waals surface area contributed by atoms with Crippen LogP contribution >= 0.6 is 0 Å². The lowest BCUT2D eigenvalue weighted by molar-refractivity contribution is -0.137. The molecule has 0 radical (unpaired) electrons. The van der Waals surface area contributed by atoms with Gasteiger partial charge in [0, 0.05) is 19.2 Å². The first-order valence-corrected chi connectivity index (χ1v) is 7.57. The van der Waals surface area contributed by atoms with E-state index in [0.29, 0.717) is 18.8 Å². The fourth-order valence-corrected chi connectivity index (χ4v) is 2.46. The van der Waals surface area contributed by atoms with Crippen LogP contribution in [-0.2, 0) is 14.3 Å². The second-order valence-corrected chi connectivity index (χ2v) is 5.66. The molecule has 1 aliphatic rings. The van der Waals surface area contributed by atoms with Crippen molar-refractivity contribution in [2.24, 2.45) is 5.73 Å². The number of amides is 2. The number of ether oxygens (including phenoxy) is 2. The van der Waals surface area contributed by atoms with Crippen LogP contribution in [0.3, 0.4) is 0 Å².